The molecule has 1 aromatic carbocycles. The van der Waals surface area contributed by atoms with Gasteiger partial charge in [0.05, 0.1) is 5.56 Å². The lowest BCUT2D eigenvalue weighted by Gasteiger charge is -1.92. The molecule has 1 rings (SSSR count). The Morgan fingerprint density at radius 2 is 2.00 bits per heavy atom. The van der Waals surface area contributed by atoms with Gasteiger partial charge >= 0.3 is 5.97 Å². The number of hydrogen-bond acceptors (Lipinski definition) is 2. The van der Waals surface area contributed by atoms with Gasteiger partial charge < -0.3 is 10.3 Å². The number of rotatable bonds is 2. The van der Waals surface area contributed by atoms with Crippen molar-refractivity contribution in [3.05, 3.63) is 40.6 Å². The molecule has 4 nitrogen and oxygen atoms in total. The van der Waals surface area contributed by atoms with Crippen LogP contribution < -0.4 is 5.16 Å². The van der Waals surface area contributed by atoms with Crippen LogP contribution in [-0.4, -0.2) is 17.3 Å². The molecule has 0 spiro atoms. The number of carbonyl (C=O) groups is 1. The fourth-order valence-electron chi connectivity index (χ4n) is 0.790. The SMILES string of the molecule is O=C(O)c1ccc(C=[NH+][O-])cc1. The third-order valence-corrected chi connectivity index (χ3v) is 1.38. The van der Waals surface area contributed by atoms with E-state index in [4.69, 9.17) is 5.11 Å². The van der Waals surface area contributed by atoms with Gasteiger partial charge in [0.15, 0.2) is 6.21 Å². The summed E-state index contributed by atoms with van der Waals surface area (Å²) < 4.78 is 0. The molecular formula is C8H7NO3. The number of carboxylic acids is 1. The number of nitrogens with one attached hydrogen (secondary N) is 1. The van der Waals surface area contributed by atoms with Crippen molar-refractivity contribution < 1.29 is 15.1 Å². The van der Waals surface area contributed by atoms with Crippen LogP contribution in [0.2, 0.25) is 0 Å². The zero-order valence-electron chi connectivity index (χ0n) is 6.15. The van der Waals surface area contributed by atoms with Crippen LogP contribution in [0.25, 0.3) is 0 Å². The molecule has 0 amide bonds. The molecule has 0 aliphatic heterocycles. The molecule has 0 aliphatic carbocycles. The first-order valence-corrected chi connectivity index (χ1v) is 3.28. The van der Waals surface area contributed by atoms with Crippen LogP contribution in [-0.2, 0) is 0 Å². The lowest BCUT2D eigenvalue weighted by atomic mass is 10.1. The van der Waals surface area contributed by atoms with Crippen LogP contribution in [0, 0.1) is 5.21 Å². The van der Waals surface area contributed by atoms with Gasteiger partial charge in [0.1, 0.15) is 0 Å². The summed E-state index contributed by atoms with van der Waals surface area (Å²) in [4.78, 5) is 10.4. The predicted octanol–water partition coefficient (Wildman–Crippen LogP) is -0.618. The molecule has 0 aliphatic rings. The Kier molecular flexibility index (Phi) is 2.42. The van der Waals surface area contributed by atoms with E-state index in [-0.39, 0.29) is 5.56 Å². The molecule has 0 radical (unpaired) electrons. The van der Waals surface area contributed by atoms with E-state index in [0.29, 0.717) is 5.56 Å². The molecule has 0 bridgehead atoms. The van der Waals surface area contributed by atoms with E-state index in [0.717, 1.165) is 0 Å². The van der Waals surface area contributed by atoms with Crippen LogP contribution in [0.5, 0.6) is 0 Å². The van der Waals surface area contributed by atoms with Gasteiger partial charge in [0.2, 0.25) is 0 Å². The Labute approximate surface area is 68.8 Å². The predicted molar refractivity (Wildman–Crippen MR) is 42.9 cm³/mol. The summed E-state index contributed by atoms with van der Waals surface area (Å²) in [5.41, 5.74) is 0.855. The molecule has 0 saturated carbocycles. The summed E-state index contributed by atoms with van der Waals surface area (Å²) in [7, 11) is 0. The maximum atomic E-state index is 10.4. The molecule has 0 aromatic heterocycles. The lowest BCUT2D eigenvalue weighted by molar-refractivity contribution is -0.366. The fraction of sp³-hybridized carbons (Fsp3) is 0. The highest BCUT2D eigenvalue weighted by Crippen LogP contribution is 2.00. The fourth-order valence-corrected chi connectivity index (χ4v) is 0.790. The summed E-state index contributed by atoms with van der Waals surface area (Å²) >= 11 is 0. The number of hydrogen-bond donors (Lipinski definition) is 2. The van der Waals surface area contributed by atoms with Crippen molar-refractivity contribution in [2.24, 2.45) is 0 Å². The van der Waals surface area contributed by atoms with Gasteiger partial charge in [0.25, 0.3) is 0 Å². The topological polar surface area (TPSA) is 74.3 Å². The van der Waals surface area contributed by atoms with Gasteiger partial charge in [-0.05, 0) is 24.3 Å². The highest BCUT2D eigenvalue weighted by molar-refractivity contribution is 5.88. The summed E-state index contributed by atoms with van der Waals surface area (Å²) in [5.74, 6) is -0.975. The van der Waals surface area contributed by atoms with Crippen LogP contribution in [0.1, 0.15) is 15.9 Å². The van der Waals surface area contributed by atoms with Crippen molar-refractivity contribution >= 4 is 12.2 Å². The molecule has 62 valence electrons. The van der Waals surface area contributed by atoms with Crippen molar-refractivity contribution in [2.45, 2.75) is 0 Å². The minimum Gasteiger partial charge on any atom is -0.625 e. The Morgan fingerprint density at radius 1 is 1.42 bits per heavy atom. The lowest BCUT2D eigenvalue weighted by Crippen LogP contribution is -2.60. The minimum absolute atomic E-state index is 0.207. The van der Waals surface area contributed by atoms with Gasteiger partial charge in [-0.1, -0.05) is 0 Å². The van der Waals surface area contributed by atoms with Crippen molar-refractivity contribution in [1.82, 2.24) is 0 Å². The highest BCUT2D eigenvalue weighted by Gasteiger charge is 2.00. The van der Waals surface area contributed by atoms with E-state index < -0.39 is 5.97 Å². The molecular weight excluding hydrogens is 158 g/mol. The van der Waals surface area contributed by atoms with Crippen LogP contribution in [0.3, 0.4) is 0 Å². The standard InChI is InChI=1S/C8H7NO3/c10-8(11)7-3-1-6(2-4-7)5-9-12/h1-5,9H,(H-,10,11,12). The average molecular weight is 165 g/mol. The van der Waals surface area contributed by atoms with E-state index in [2.05, 4.69) is 0 Å². The van der Waals surface area contributed by atoms with Gasteiger partial charge in [-0.15, -0.1) is 0 Å². The second kappa shape index (κ2) is 3.52. The molecule has 0 fully saturated rings. The van der Waals surface area contributed by atoms with E-state index in [1.165, 1.54) is 18.3 Å². The van der Waals surface area contributed by atoms with Crippen LogP contribution >= 0.6 is 0 Å². The highest BCUT2D eigenvalue weighted by atomic mass is 16.4. The van der Waals surface area contributed by atoms with E-state index >= 15 is 0 Å². The van der Waals surface area contributed by atoms with Crippen molar-refractivity contribution in [3.8, 4) is 0 Å². The molecule has 1 aromatic rings. The quantitative estimate of drug-likeness (QED) is 0.348. The number of aromatic carboxylic acids is 1. The second-order valence-corrected chi connectivity index (χ2v) is 2.19. The van der Waals surface area contributed by atoms with Crippen molar-refractivity contribution in [2.75, 3.05) is 0 Å². The molecule has 0 saturated heterocycles. The maximum Gasteiger partial charge on any atom is 0.335 e. The Balaban J connectivity index is 2.93. The first-order chi connectivity index (χ1) is 5.74. The van der Waals surface area contributed by atoms with Gasteiger partial charge in [-0.2, -0.15) is 0 Å². The maximum absolute atomic E-state index is 10.4. The Hall–Kier alpha value is -1.84. The summed E-state index contributed by atoms with van der Waals surface area (Å²) in [6.45, 7) is 0. The summed E-state index contributed by atoms with van der Waals surface area (Å²) in [5, 5.41) is 20.0. The average Bonchev–Trinajstić information content (AvgIpc) is 2.06. The molecule has 4 heteroatoms. The molecule has 12 heavy (non-hydrogen) atoms. The first-order valence-electron chi connectivity index (χ1n) is 3.28. The monoisotopic (exact) mass is 165 g/mol. The van der Waals surface area contributed by atoms with Crippen molar-refractivity contribution in [1.29, 1.82) is 0 Å². The number of carboxylic acid groups (broad SMARTS) is 1. The normalized spacial score (nSPS) is 10.3. The van der Waals surface area contributed by atoms with E-state index in [1.807, 2.05) is 0 Å². The van der Waals surface area contributed by atoms with Crippen molar-refractivity contribution in [3.63, 3.8) is 0 Å². The van der Waals surface area contributed by atoms with Crippen LogP contribution in [0.15, 0.2) is 24.3 Å². The number of benzene rings is 1. The molecule has 0 unspecified atom stereocenters. The van der Waals surface area contributed by atoms with Gasteiger partial charge in [0, 0.05) is 5.56 Å². The van der Waals surface area contributed by atoms with Gasteiger partial charge in [-0.25, -0.2) is 9.95 Å². The second-order valence-electron chi connectivity index (χ2n) is 2.19. The van der Waals surface area contributed by atoms with Gasteiger partial charge in [-0.3, -0.25) is 0 Å². The molecule has 0 heterocycles. The zero-order valence-corrected chi connectivity index (χ0v) is 6.15. The third-order valence-electron chi connectivity index (χ3n) is 1.38. The summed E-state index contributed by atoms with van der Waals surface area (Å²) in [6, 6.07) is 5.97. The third kappa shape index (κ3) is 1.82. The first kappa shape index (κ1) is 8.26. The largest absolute Gasteiger partial charge is 0.625 e. The van der Waals surface area contributed by atoms with Crippen LogP contribution in [0.4, 0.5) is 0 Å². The van der Waals surface area contributed by atoms with E-state index in [1.54, 1.807) is 17.3 Å². The molecule has 2 N–H and O–H groups in total. The molecule has 0 atom stereocenters. The Morgan fingerprint density at radius 3 is 2.42 bits per heavy atom. The van der Waals surface area contributed by atoms with E-state index in [9.17, 15) is 10.0 Å². The minimum atomic E-state index is -0.975. The summed E-state index contributed by atoms with van der Waals surface area (Å²) in [6.07, 6.45) is 1.24. The smallest absolute Gasteiger partial charge is 0.335 e. The Bertz CT molecular complexity index is 303. The zero-order chi connectivity index (χ0) is 8.97.